The molecule has 16 heavy (non-hydrogen) atoms. The second-order valence-corrected chi connectivity index (χ2v) is 3.38. The third-order valence-electron chi connectivity index (χ3n) is 2.16. The van der Waals surface area contributed by atoms with Crippen molar-refractivity contribution in [3.63, 3.8) is 0 Å². The van der Waals surface area contributed by atoms with Gasteiger partial charge in [-0.15, -0.1) is 0 Å². The second kappa shape index (κ2) is 5.41. The zero-order chi connectivity index (χ0) is 12.1. The average molecular weight is 229 g/mol. The van der Waals surface area contributed by atoms with Gasteiger partial charge in [-0.05, 0) is 24.6 Å². The standard InChI is InChI=1S/C10H13F2N3O/c1-6(10(13)15-16)14-5-7-2-3-8(11)9(12)4-7/h2-4,6,14,16H,5H2,1H3,(H2,13,15). The lowest BCUT2D eigenvalue weighted by Crippen LogP contribution is -2.38. The molecule has 0 aliphatic carbocycles. The normalized spacial score (nSPS) is 13.8. The van der Waals surface area contributed by atoms with Crippen LogP contribution in [0, 0.1) is 11.6 Å². The quantitative estimate of drug-likeness (QED) is 0.314. The fourth-order valence-electron chi connectivity index (χ4n) is 1.11. The molecular weight excluding hydrogens is 216 g/mol. The van der Waals surface area contributed by atoms with Gasteiger partial charge in [0.2, 0.25) is 0 Å². The molecular formula is C10H13F2N3O. The van der Waals surface area contributed by atoms with Crippen molar-refractivity contribution in [3.05, 3.63) is 35.4 Å². The van der Waals surface area contributed by atoms with Crippen LogP contribution in [0.4, 0.5) is 8.78 Å². The van der Waals surface area contributed by atoms with E-state index in [0.29, 0.717) is 12.1 Å². The third kappa shape index (κ3) is 3.16. The first kappa shape index (κ1) is 12.4. The SMILES string of the molecule is CC(NCc1ccc(F)c(F)c1)C(N)=NO. The summed E-state index contributed by atoms with van der Waals surface area (Å²) in [5.41, 5.74) is 5.92. The van der Waals surface area contributed by atoms with Gasteiger partial charge in [0.1, 0.15) is 0 Å². The van der Waals surface area contributed by atoms with Crippen molar-refractivity contribution in [3.8, 4) is 0 Å². The molecule has 6 heteroatoms. The van der Waals surface area contributed by atoms with Gasteiger partial charge in [-0.25, -0.2) is 8.78 Å². The van der Waals surface area contributed by atoms with E-state index in [1.807, 2.05) is 0 Å². The third-order valence-corrected chi connectivity index (χ3v) is 2.16. The van der Waals surface area contributed by atoms with E-state index in [9.17, 15) is 8.78 Å². The van der Waals surface area contributed by atoms with Crippen LogP contribution in [-0.2, 0) is 6.54 Å². The van der Waals surface area contributed by atoms with Gasteiger partial charge >= 0.3 is 0 Å². The molecule has 0 spiro atoms. The Morgan fingerprint density at radius 2 is 2.19 bits per heavy atom. The van der Waals surface area contributed by atoms with E-state index in [2.05, 4.69) is 10.5 Å². The molecule has 1 rings (SSSR count). The van der Waals surface area contributed by atoms with E-state index in [1.165, 1.54) is 6.07 Å². The van der Waals surface area contributed by atoms with Gasteiger partial charge in [-0.3, -0.25) is 0 Å². The molecule has 0 aliphatic heterocycles. The molecule has 0 heterocycles. The summed E-state index contributed by atoms with van der Waals surface area (Å²) in [6.45, 7) is 1.99. The number of nitrogens with one attached hydrogen (secondary N) is 1. The molecule has 1 unspecified atom stereocenters. The predicted molar refractivity (Wildman–Crippen MR) is 56.1 cm³/mol. The Balaban J connectivity index is 2.58. The van der Waals surface area contributed by atoms with Crippen LogP contribution in [0.25, 0.3) is 0 Å². The number of rotatable bonds is 4. The first-order valence-electron chi connectivity index (χ1n) is 4.69. The molecule has 88 valence electrons. The summed E-state index contributed by atoms with van der Waals surface area (Å²) in [5, 5.41) is 14.1. The summed E-state index contributed by atoms with van der Waals surface area (Å²) in [5.74, 6) is -1.74. The van der Waals surface area contributed by atoms with Crippen LogP contribution in [0.5, 0.6) is 0 Å². The molecule has 0 saturated heterocycles. The molecule has 0 amide bonds. The lowest BCUT2D eigenvalue weighted by atomic mass is 10.2. The van der Waals surface area contributed by atoms with E-state index >= 15 is 0 Å². The van der Waals surface area contributed by atoms with Gasteiger partial charge in [0, 0.05) is 6.54 Å². The van der Waals surface area contributed by atoms with Crippen LogP contribution in [0.1, 0.15) is 12.5 Å². The van der Waals surface area contributed by atoms with Gasteiger partial charge in [0.15, 0.2) is 17.5 Å². The topological polar surface area (TPSA) is 70.6 Å². The Morgan fingerprint density at radius 3 is 2.75 bits per heavy atom. The van der Waals surface area contributed by atoms with Gasteiger partial charge < -0.3 is 16.3 Å². The minimum absolute atomic E-state index is 0.0302. The Bertz CT molecular complexity index is 396. The summed E-state index contributed by atoms with van der Waals surface area (Å²) in [4.78, 5) is 0. The van der Waals surface area contributed by atoms with E-state index in [1.54, 1.807) is 6.92 Å². The van der Waals surface area contributed by atoms with Crippen LogP contribution in [0.15, 0.2) is 23.4 Å². The number of halogens is 2. The van der Waals surface area contributed by atoms with Crippen molar-refractivity contribution >= 4 is 5.84 Å². The molecule has 0 aromatic heterocycles. The maximum atomic E-state index is 12.8. The Morgan fingerprint density at radius 1 is 1.50 bits per heavy atom. The molecule has 0 fully saturated rings. The van der Waals surface area contributed by atoms with Crippen molar-refractivity contribution < 1.29 is 14.0 Å². The maximum absolute atomic E-state index is 12.8. The smallest absolute Gasteiger partial charge is 0.159 e. The van der Waals surface area contributed by atoms with Gasteiger partial charge in [0.25, 0.3) is 0 Å². The highest BCUT2D eigenvalue weighted by atomic mass is 19.2. The molecule has 0 bridgehead atoms. The lowest BCUT2D eigenvalue weighted by Gasteiger charge is -2.11. The van der Waals surface area contributed by atoms with E-state index < -0.39 is 11.6 Å². The monoisotopic (exact) mass is 229 g/mol. The highest BCUT2D eigenvalue weighted by Crippen LogP contribution is 2.08. The molecule has 4 N–H and O–H groups in total. The largest absolute Gasteiger partial charge is 0.409 e. The molecule has 1 aromatic carbocycles. The lowest BCUT2D eigenvalue weighted by molar-refractivity contribution is 0.315. The summed E-state index contributed by atoms with van der Waals surface area (Å²) >= 11 is 0. The minimum Gasteiger partial charge on any atom is -0.409 e. The summed E-state index contributed by atoms with van der Waals surface area (Å²) in [7, 11) is 0. The molecule has 1 aromatic rings. The average Bonchev–Trinajstić information content (AvgIpc) is 2.29. The van der Waals surface area contributed by atoms with Crippen molar-refractivity contribution in [2.75, 3.05) is 0 Å². The molecule has 0 aliphatic rings. The zero-order valence-electron chi connectivity index (χ0n) is 8.74. The van der Waals surface area contributed by atoms with Gasteiger partial charge in [-0.2, -0.15) is 0 Å². The van der Waals surface area contributed by atoms with E-state index in [4.69, 9.17) is 10.9 Å². The van der Waals surface area contributed by atoms with Crippen molar-refractivity contribution in [1.29, 1.82) is 0 Å². The Hall–Kier alpha value is -1.69. The number of nitrogens with zero attached hydrogens (tertiary/aromatic N) is 1. The van der Waals surface area contributed by atoms with Crippen LogP contribution in [-0.4, -0.2) is 17.1 Å². The maximum Gasteiger partial charge on any atom is 0.159 e. The van der Waals surface area contributed by atoms with Crippen LogP contribution >= 0.6 is 0 Å². The molecule has 1 atom stereocenters. The van der Waals surface area contributed by atoms with Crippen LogP contribution < -0.4 is 11.1 Å². The highest BCUT2D eigenvalue weighted by Gasteiger charge is 2.07. The van der Waals surface area contributed by atoms with Gasteiger partial charge in [-0.1, -0.05) is 11.2 Å². The Labute approximate surface area is 91.8 Å². The Kier molecular flexibility index (Phi) is 4.19. The van der Waals surface area contributed by atoms with Crippen molar-refractivity contribution in [2.24, 2.45) is 10.9 Å². The molecule has 4 nitrogen and oxygen atoms in total. The summed E-state index contributed by atoms with van der Waals surface area (Å²) in [6.07, 6.45) is 0. The number of nitrogens with two attached hydrogens (primary N) is 1. The second-order valence-electron chi connectivity index (χ2n) is 3.38. The van der Waals surface area contributed by atoms with Crippen molar-refractivity contribution in [1.82, 2.24) is 5.32 Å². The van der Waals surface area contributed by atoms with Gasteiger partial charge in [0.05, 0.1) is 6.04 Å². The van der Waals surface area contributed by atoms with Crippen molar-refractivity contribution in [2.45, 2.75) is 19.5 Å². The number of benzene rings is 1. The number of oxime groups is 1. The summed E-state index contributed by atoms with van der Waals surface area (Å²) in [6, 6.07) is 3.27. The predicted octanol–water partition coefficient (Wildman–Crippen LogP) is 1.19. The number of hydrogen-bond donors (Lipinski definition) is 3. The van der Waals surface area contributed by atoms with E-state index in [-0.39, 0.29) is 11.9 Å². The van der Waals surface area contributed by atoms with Crippen LogP contribution in [0.3, 0.4) is 0 Å². The fourth-order valence-corrected chi connectivity index (χ4v) is 1.11. The first-order valence-corrected chi connectivity index (χ1v) is 4.69. The van der Waals surface area contributed by atoms with Crippen LogP contribution in [0.2, 0.25) is 0 Å². The highest BCUT2D eigenvalue weighted by molar-refractivity contribution is 5.84. The minimum atomic E-state index is -0.893. The first-order chi connectivity index (χ1) is 7.54. The van der Waals surface area contributed by atoms with E-state index in [0.717, 1.165) is 12.1 Å². The number of amidine groups is 1. The zero-order valence-corrected chi connectivity index (χ0v) is 8.74. The fraction of sp³-hybridized carbons (Fsp3) is 0.300. The molecule has 0 saturated carbocycles. The molecule has 0 radical (unpaired) electrons. The number of hydrogen-bond acceptors (Lipinski definition) is 3. The summed E-state index contributed by atoms with van der Waals surface area (Å²) < 4.78 is 25.4.